The maximum absolute atomic E-state index is 12.6. The normalized spacial score (nSPS) is 10.9. The molecule has 6 heteroatoms. The van der Waals surface area contributed by atoms with Gasteiger partial charge in [0.05, 0.1) is 22.9 Å². The Kier molecular flexibility index (Phi) is 6.33. The molecule has 0 spiro atoms. The number of hydrogen-bond acceptors (Lipinski definition) is 5. The fourth-order valence-corrected chi connectivity index (χ4v) is 2.77. The lowest BCUT2D eigenvalue weighted by atomic mass is 10.2. The summed E-state index contributed by atoms with van der Waals surface area (Å²) >= 11 is 0. The second kappa shape index (κ2) is 9.09. The van der Waals surface area contributed by atoms with E-state index < -0.39 is 0 Å². The van der Waals surface area contributed by atoms with Crippen LogP contribution in [-0.4, -0.2) is 47.0 Å². The fraction of sp³-hybridized carbons (Fsp3) is 0.286. The molecule has 0 atom stereocenters. The molecule has 1 amide bonds. The average molecular weight is 364 g/mol. The first-order valence-corrected chi connectivity index (χ1v) is 9.18. The molecule has 0 fully saturated rings. The van der Waals surface area contributed by atoms with Gasteiger partial charge < -0.3 is 15.0 Å². The topological polar surface area (TPSA) is 67.3 Å². The number of para-hydroxylation sites is 4. The van der Waals surface area contributed by atoms with Crippen molar-refractivity contribution in [2.24, 2.45) is 0 Å². The molecule has 27 heavy (non-hydrogen) atoms. The van der Waals surface area contributed by atoms with Crippen molar-refractivity contribution < 1.29 is 9.53 Å². The number of ether oxygens (including phenoxy) is 1. The molecular formula is C21H24N4O2. The number of nitrogens with zero attached hydrogens (tertiary/aromatic N) is 3. The lowest BCUT2D eigenvalue weighted by Gasteiger charge is -2.19. The first-order chi connectivity index (χ1) is 13.2. The largest absolute Gasteiger partial charge is 0.490 e. The van der Waals surface area contributed by atoms with E-state index in [9.17, 15) is 4.79 Å². The van der Waals surface area contributed by atoms with Crippen molar-refractivity contribution in [3.63, 3.8) is 0 Å². The van der Waals surface area contributed by atoms with E-state index in [1.165, 1.54) is 6.20 Å². The molecule has 6 nitrogen and oxygen atoms in total. The summed E-state index contributed by atoms with van der Waals surface area (Å²) in [4.78, 5) is 23.6. The number of carbonyl (C=O) groups is 1. The maximum Gasteiger partial charge on any atom is 0.275 e. The minimum absolute atomic E-state index is 0.270. The van der Waals surface area contributed by atoms with E-state index in [1.807, 2.05) is 48.5 Å². The second-order valence-electron chi connectivity index (χ2n) is 6.07. The van der Waals surface area contributed by atoms with Gasteiger partial charge in [-0.05, 0) is 37.4 Å². The highest BCUT2D eigenvalue weighted by Gasteiger charge is 2.12. The van der Waals surface area contributed by atoms with Gasteiger partial charge in [0.1, 0.15) is 18.1 Å². The van der Waals surface area contributed by atoms with E-state index in [1.54, 1.807) is 0 Å². The highest BCUT2D eigenvalue weighted by molar-refractivity contribution is 6.04. The zero-order valence-corrected chi connectivity index (χ0v) is 15.7. The van der Waals surface area contributed by atoms with Crippen LogP contribution >= 0.6 is 0 Å². The minimum Gasteiger partial charge on any atom is -0.490 e. The van der Waals surface area contributed by atoms with E-state index in [0.29, 0.717) is 23.6 Å². The minimum atomic E-state index is -0.312. The van der Waals surface area contributed by atoms with Gasteiger partial charge in [-0.1, -0.05) is 38.1 Å². The van der Waals surface area contributed by atoms with Crippen LogP contribution in [0.4, 0.5) is 5.69 Å². The summed E-state index contributed by atoms with van der Waals surface area (Å²) in [7, 11) is 0. The number of rotatable bonds is 8. The number of carbonyl (C=O) groups excluding carboxylic acids is 1. The molecule has 140 valence electrons. The molecule has 1 aromatic heterocycles. The predicted octanol–water partition coefficient (Wildman–Crippen LogP) is 3.60. The summed E-state index contributed by atoms with van der Waals surface area (Å²) in [5.41, 5.74) is 2.34. The third-order valence-electron chi connectivity index (χ3n) is 4.38. The quantitative estimate of drug-likeness (QED) is 0.661. The molecule has 0 aliphatic carbocycles. The molecule has 1 heterocycles. The Balaban J connectivity index is 1.70. The first kappa shape index (κ1) is 18.8. The van der Waals surface area contributed by atoms with Crippen molar-refractivity contribution >= 4 is 22.6 Å². The number of anilines is 1. The highest BCUT2D eigenvalue weighted by Crippen LogP contribution is 2.24. The van der Waals surface area contributed by atoms with E-state index in [2.05, 4.69) is 34.0 Å². The lowest BCUT2D eigenvalue weighted by Crippen LogP contribution is -2.28. The number of aromatic nitrogens is 2. The van der Waals surface area contributed by atoms with Crippen LogP contribution in [0.25, 0.3) is 11.0 Å². The van der Waals surface area contributed by atoms with Crippen LogP contribution in [0.1, 0.15) is 24.3 Å². The van der Waals surface area contributed by atoms with E-state index >= 15 is 0 Å². The van der Waals surface area contributed by atoms with E-state index in [-0.39, 0.29) is 11.6 Å². The number of fused-ring (bicyclic) bond motifs is 1. The molecule has 0 aliphatic heterocycles. The molecule has 2 aromatic carbocycles. The number of likely N-dealkylation sites (N-methyl/N-ethyl adjacent to an activating group) is 1. The van der Waals surface area contributed by atoms with Crippen molar-refractivity contribution in [1.29, 1.82) is 0 Å². The standard InChI is InChI=1S/C21H24N4O2/c1-3-25(4-2)13-14-27-20-12-8-7-11-18(20)24-21(26)19-15-22-16-9-5-6-10-17(16)23-19/h5-12,15H,3-4,13-14H2,1-2H3,(H,24,26). The molecule has 0 unspecified atom stereocenters. The van der Waals surface area contributed by atoms with E-state index in [4.69, 9.17) is 4.74 Å². The van der Waals surface area contributed by atoms with E-state index in [0.717, 1.165) is 25.2 Å². The fourth-order valence-electron chi connectivity index (χ4n) is 2.77. The summed E-state index contributed by atoms with van der Waals surface area (Å²) in [5, 5.41) is 2.88. The van der Waals surface area contributed by atoms with Gasteiger partial charge in [0.25, 0.3) is 5.91 Å². The molecule has 0 saturated carbocycles. The monoisotopic (exact) mass is 364 g/mol. The Bertz CT molecular complexity index is 909. The molecule has 0 saturated heterocycles. The summed E-state index contributed by atoms with van der Waals surface area (Å²) < 4.78 is 5.89. The number of benzene rings is 2. The van der Waals surface area contributed by atoms with Crippen molar-refractivity contribution in [1.82, 2.24) is 14.9 Å². The van der Waals surface area contributed by atoms with Crippen molar-refractivity contribution in [2.75, 3.05) is 31.6 Å². The van der Waals surface area contributed by atoms with Crippen molar-refractivity contribution in [2.45, 2.75) is 13.8 Å². The van der Waals surface area contributed by atoms with Crippen LogP contribution < -0.4 is 10.1 Å². The first-order valence-electron chi connectivity index (χ1n) is 9.18. The van der Waals surface area contributed by atoms with Gasteiger partial charge in [-0.15, -0.1) is 0 Å². The summed E-state index contributed by atoms with van der Waals surface area (Å²) in [6.07, 6.45) is 1.49. The van der Waals surface area contributed by atoms with Crippen LogP contribution in [0, 0.1) is 0 Å². The van der Waals surface area contributed by atoms with Crippen molar-refractivity contribution in [3.8, 4) is 5.75 Å². The van der Waals surface area contributed by atoms with Crippen LogP contribution in [0.3, 0.4) is 0 Å². The van der Waals surface area contributed by atoms with Crippen LogP contribution in [0.2, 0.25) is 0 Å². The molecule has 0 radical (unpaired) electrons. The Labute approximate surface area is 159 Å². The third-order valence-corrected chi connectivity index (χ3v) is 4.38. The van der Waals surface area contributed by atoms with Gasteiger partial charge in [-0.2, -0.15) is 0 Å². The van der Waals surface area contributed by atoms with Gasteiger partial charge >= 0.3 is 0 Å². The Morgan fingerprint density at radius 1 is 1.04 bits per heavy atom. The summed E-state index contributed by atoms with van der Waals surface area (Å²) in [6.45, 7) is 7.62. The maximum atomic E-state index is 12.6. The molecular weight excluding hydrogens is 340 g/mol. The van der Waals surface area contributed by atoms with Gasteiger partial charge in [-0.25, -0.2) is 4.98 Å². The van der Waals surface area contributed by atoms with Crippen LogP contribution in [0.15, 0.2) is 54.7 Å². The number of amides is 1. The molecule has 0 bridgehead atoms. The third kappa shape index (κ3) is 4.80. The number of hydrogen-bond donors (Lipinski definition) is 1. The van der Waals surface area contributed by atoms with Crippen molar-refractivity contribution in [3.05, 3.63) is 60.4 Å². The van der Waals surface area contributed by atoms with Crippen LogP contribution in [-0.2, 0) is 0 Å². The number of nitrogens with one attached hydrogen (secondary N) is 1. The Hall–Kier alpha value is -2.99. The summed E-state index contributed by atoms with van der Waals surface area (Å²) in [6, 6.07) is 14.9. The molecule has 0 aliphatic rings. The van der Waals surface area contributed by atoms with Gasteiger partial charge in [-0.3, -0.25) is 9.78 Å². The predicted molar refractivity (Wildman–Crippen MR) is 107 cm³/mol. The van der Waals surface area contributed by atoms with Gasteiger partial charge in [0.15, 0.2) is 0 Å². The Morgan fingerprint density at radius 3 is 2.52 bits per heavy atom. The smallest absolute Gasteiger partial charge is 0.275 e. The lowest BCUT2D eigenvalue weighted by molar-refractivity contribution is 0.102. The average Bonchev–Trinajstić information content (AvgIpc) is 2.72. The highest BCUT2D eigenvalue weighted by atomic mass is 16.5. The summed E-state index contributed by atoms with van der Waals surface area (Å²) in [5.74, 6) is 0.333. The van der Waals surface area contributed by atoms with Gasteiger partial charge in [0.2, 0.25) is 0 Å². The zero-order valence-electron chi connectivity index (χ0n) is 15.7. The molecule has 1 N–H and O–H groups in total. The molecule has 3 aromatic rings. The Morgan fingerprint density at radius 2 is 1.74 bits per heavy atom. The second-order valence-corrected chi connectivity index (χ2v) is 6.07. The molecule has 3 rings (SSSR count). The zero-order chi connectivity index (χ0) is 19.1. The SMILES string of the molecule is CCN(CC)CCOc1ccccc1NC(=O)c1cnc2ccccc2n1. The van der Waals surface area contributed by atoms with Crippen LogP contribution in [0.5, 0.6) is 5.75 Å². The van der Waals surface area contributed by atoms with Gasteiger partial charge in [0, 0.05) is 6.54 Å².